The molecule has 1 fully saturated rings. The third-order valence-electron chi connectivity index (χ3n) is 4.73. The van der Waals surface area contributed by atoms with Crippen LogP contribution >= 0.6 is 11.6 Å². The first-order valence-corrected chi connectivity index (χ1v) is 10.6. The third-order valence-corrected chi connectivity index (χ3v) is 6.64. The third kappa shape index (κ3) is 4.79. The highest BCUT2D eigenvalue weighted by Crippen LogP contribution is 2.27. The fourth-order valence-electron chi connectivity index (χ4n) is 3.30. The van der Waals surface area contributed by atoms with Crippen LogP contribution in [0.15, 0.2) is 47.4 Å². The summed E-state index contributed by atoms with van der Waals surface area (Å²) < 4.78 is 46.4. The summed E-state index contributed by atoms with van der Waals surface area (Å²) >= 11 is 5.92. The van der Waals surface area contributed by atoms with Crippen LogP contribution < -0.4 is 9.46 Å². The molecule has 0 amide bonds. The molecule has 0 aromatic heterocycles. The predicted molar refractivity (Wildman–Crippen MR) is 103 cm³/mol. The van der Waals surface area contributed by atoms with Crippen molar-refractivity contribution in [3.8, 4) is 5.75 Å². The van der Waals surface area contributed by atoms with Crippen LogP contribution in [-0.2, 0) is 10.0 Å². The molecule has 2 aromatic carbocycles. The average molecular weight is 413 g/mol. The normalized spacial score (nSPS) is 16.4. The first-order chi connectivity index (χ1) is 12.9. The van der Waals surface area contributed by atoms with Crippen molar-refractivity contribution in [1.82, 2.24) is 9.62 Å². The second-order valence-electron chi connectivity index (χ2n) is 6.46. The van der Waals surface area contributed by atoms with Gasteiger partial charge in [-0.3, -0.25) is 4.90 Å². The number of methoxy groups -OCH3 is 1. The van der Waals surface area contributed by atoms with Crippen LogP contribution in [0, 0.1) is 5.82 Å². The monoisotopic (exact) mass is 412 g/mol. The Morgan fingerprint density at radius 1 is 1.19 bits per heavy atom. The van der Waals surface area contributed by atoms with Gasteiger partial charge in [0.05, 0.1) is 12.1 Å². The second-order valence-corrected chi connectivity index (χ2v) is 8.60. The van der Waals surface area contributed by atoms with E-state index in [-0.39, 0.29) is 22.5 Å². The van der Waals surface area contributed by atoms with Crippen molar-refractivity contribution in [3.05, 3.63) is 58.9 Å². The molecule has 0 spiro atoms. The summed E-state index contributed by atoms with van der Waals surface area (Å²) in [5.74, 6) is 0.171. The Morgan fingerprint density at radius 2 is 1.85 bits per heavy atom. The van der Waals surface area contributed by atoms with E-state index in [0.29, 0.717) is 0 Å². The van der Waals surface area contributed by atoms with E-state index in [4.69, 9.17) is 16.3 Å². The number of likely N-dealkylation sites (tertiary alicyclic amines) is 1. The lowest BCUT2D eigenvalue weighted by Crippen LogP contribution is -2.36. The van der Waals surface area contributed by atoms with Crippen LogP contribution in [0.3, 0.4) is 0 Å². The van der Waals surface area contributed by atoms with Crippen LogP contribution in [0.4, 0.5) is 4.39 Å². The molecule has 1 aliphatic rings. The van der Waals surface area contributed by atoms with Gasteiger partial charge in [-0.1, -0.05) is 23.7 Å². The molecular formula is C19H22ClFN2O3S. The molecule has 27 heavy (non-hydrogen) atoms. The van der Waals surface area contributed by atoms with Crippen LogP contribution in [0.5, 0.6) is 5.75 Å². The zero-order valence-corrected chi connectivity index (χ0v) is 16.6. The first kappa shape index (κ1) is 20.1. The molecule has 146 valence electrons. The van der Waals surface area contributed by atoms with Crippen LogP contribution in [0.1, 0.15) is 24.4 Å². The van der Waals surface area contributed by atoms with Gasteiger partial charge < -0.3 is 4.74 Å². The van der Waals surface area contributed by atoms with Gasteiger partial charge in [-0.05, 0) is 61.8 Å². The summed E-state index contributed by atoms with van der Waals surface area (Å²) in [5.41, 5.74) is 1.01. The van der Waals surface area contributed by atoms with Gasteiger partial charge in [-0.2, -0.15) is 0 Å². The number of nitrogens with zero attached hydrogens (tertiary/aromatic N) is 1. The van der Waals surface area contributed by atoms with Crippen molar-refractivity contribution in [3.63, 3.8) is 0 Å². The highest BCUT2D eigenvalue weighted by atomic mass is 35.5. The Kier molecular flexibility index (Phi) is 6.37. The highest BCUT2D eigenvalue weighted by molar-refractivity contribution is 7.89. The Labute approximate surface area is 164 Å². The number of sulfonamides is 1. The van der Waals surface area contributed by atoms with E-state index in [9.17, 15) is 12.8 Å². The molecule has 0 saturated carbocycles. The molecule has 8 heteroatoms. The summed E-state index contributed by atoms with van der Waals surface area (Å²) in [4.78, 5) is 2.14. The fourth-order valence-corrected chi connectivity index (χ4v) is 4.86. The minimum atomic E-state index is -3.85. The van der Waals surface area contributed by atoms with E-state index in [1.165, 1.54) is 6.07 Å². The van der Waals surface area contributed by atoms with Crippen molar-refractivity contribution in [2.24, 2.45) is 0 Å². The Balaban J connectivity index is 1.81. The van der Waals surface area contributed by atoms with Gasteiger partial charge in [0.1, 0.15) is 16.5 Å². The van der Waals surface area contributed by atoms with Gasteiger partial charge in [0.25, 0.3) is 0 Å². The number of hydrogen-bond acceptors (Lipinski definition) is 4. The van der Waals surface area contributed by atoms with Gasteiger partial charge in [0.2, 0.25) is 10.0 Å². The van der Waals surface area contributed by atoms with Gasteiger partial charge in [-0.15, -0.1) is 0 Å². The van der Waals surface area contributed by atoms with E-state index in [1.54, 1.807) is 7.11 Å². The lowest BCUT2D eigenvalue weighted by atomic mass is 10.1. The van der Waals surface area contributed by atoms with Crippen molar-refractivity contribution in [2.75, 3.05) is 26.7 Å². The summed E-state index contributed by atoms with van der Waals surface area (Å²) in [6.07, 6.45) is 2.17. The topological polar surface area (TPSA) is 58.6 Å². The molecule has 0 bridgehead atoms. The number of nitrogens with one attached hydrogen (secondary N) is 1. The van der Waals surface area contributed by atoms with Gasteiger partial charge >= 0.3 is 0 Å². The minimum Gasteiger partial charge on any atom is -0.497 e. The number of benzene rings is 2. The summed E-state index contributed by atoms with van der Waals surface area (Å²) in [5, 5.41) is -0.135. The van der Waals surface area contributed by atoms with Crippen LogP contribution in [0.2, 0.25) is 5.02 Å². The zero-order valence-electron chi connectivity index (χ0n) is 15.0. The van der Waals surface area contributed by atoms with Crippen molar-refractivity contribution in [1.29, 1.82) is 0 Å². The number of ether oxygens (including phenoxy) is 1. The maximum Gasteiger partial charge on any atom is 0.242 e. The maximum atomic E-state index is 13.2. The molecule has 0 radical (unpaired) electrons. The van der Waals surface area contributed by atoms with Crippen molar-refractivity contribution < 1.29 is 17.5 Å². The van der Waals surface area contributed by atoms with E-state index >= 15 is 0 Å². The van der Waals surface area contributed by atoms with Crippen LogP contribution in [-0.4, -0.2) is 40.1 Å². The lowest BCUT2D eigenvalue weighted by molar-refractivity contribution is 0.246. The van der Waals surface area contributed by atoms with E-state index in [2.05, 4.69) is 9.62 Å². The molecule has 1 heterocycles. The second kappa shape index (κ2) is 8.56. The van der Waals surface area contributed by atoms with Crippen molar-refractivity contribution >= 4 is 21.6 Å². The predicted octanol–water partition coefficient (Wildman–Crippen LogP) is 3.60. The molecule has 5 nitrogen and oxygen atoms in total. The number of halogens is 2. The SMILES string of the molecule is COc1ccc(C(CNS(=O)(=O)c2ccc(F)cc2Cl)N2CCCC2)cc1. The molecular weight excluding hydrogens is 391 g/mol. The molecule has 1 saturated heterocycles. The first-order valence-electron chi connectivity index (χ1n) is 8.73. The van der Waals surface area contributed by atoms with Gasteiger partial charge in [0.15, 0.2) is 0 Å². The zero-order chi connectivity index (χ0) is 19.4. The molecule has 1 N–H and O–H groups in total. The molecule has 2 aromatic rings. The van der Waals surface area contributed by atoms with E-state index < -0.39 is 15.8 Å². The molecule has 3 rings (SSSR count). The van der Waals surface area contributed by atoms with E-state index in [1.807, 2.05) is 24.3 Å². The Hall–Kier alpha value is -1.67. The van der Waals surface area contributed by atoms with Gasteiger partial charge in [0, 0.05) is 12.6 Å². The standard InChI is InChI=1S/C19H22ClFN2O3S/c1-26-16-7-4-14(5-8-16)18(23-10-2-3-11-23)13-22-27(24,25)19-9-6-15(21)12-17(19)20/h4-9,12,18,22H,2-3,10-11,13H2,1H3. The molecule has 1 aliphatic heterocycles. The number of rotatable bonds is 7. The Morgan fingerprint density at radius 3 is 2.44 bits per heavy atom. The largest absolute Gasteiger partial charge is 0.497 e. The Bertz CT molecular complexity index is 884. The lowest BCUT2D eigenvalue weighted by Gasteiger charge is -2.28. The summed E-state index contributed by atoms with van der Waals surface area (Å²) in [6, 6.07) is 10.8. The maximum absolute atomic E-state index is 13.2. The average Bonchev–Trinajstić information content (AvgIpc) is 3.16. The van der Waals surface area contributed by atoms with Crippen LogP contribution in [0.25, 0.3) is 0 Å². The summed E-state index contributed by atoms with van der Waals surface area (Å²) in [7, 11) is -2.25. The number of hydrogen-bond donors (Lipinski definition) is 1. The minimum absolute atomic E-state index is 0.104. The molecule has 1 atom stereocenters. The van der Waals surface area contributed by atoms with Crippen molar-refractivity contribution in [2.45, 2.75) is 23.8 Å². The molecule has 0 aliphatic carbocycles. The fraction of sp³-hybridized carbons (Fsp3) is 0.368. The quantitative estimate of drug-likeness (QED) is 0.754. The van der Waals surface area contributed by atoms with Gasteiger partial charge in [-0.25, -0.2) is 17.5 Å². The smallest absolute Gasteiger partial charge is 0.242 e. The summed E-state index contributed by atoms with van der Waals surface area (Å²) in [6.45, 7) is 2.02. The highest BCUT2D eigenvalue weighted by Gasteiger charge is 2.26. The molecule has 1 unspecified atom stereocenters. The van der Waals surface area contributed by atoms with E-state index in [0.717, 1.165) is 49.4 Å².